The monoisotopic (exact) mass is 275 g/mol. The van der Waals surface area contributed by atoms with Gasteiger partial charge in [0, 0.05) is 0 Å². The van der Waals surface area contributed by atoms with Gasteiger partial charge in [-0.15, -0.1) is 0 Å². The zero-order chi connectivity index (χ0) is 14.1. The molecule has 0 saturated heterocycles. The van der Waals surface area contributed by atoms with E-state index in [-0.39, 0.29) is 35.1 Å². The van der Waals surface area contributed by atoms with Gasteiger partial charge < -0.3 is 20.7 Å². The zero-order valence-electron chi connectivity index (χ0n) is 11.5. The van der Waals surface area contributed by atoms with Gasteiger partial charge >= 0.3 is 35.5 Å². The minimum atomic E-state index is -1.13. The second-order valence-corrected chi connectivity index (χ2v) is 4.23. The Morgan fingerprint density at radius 2 is 1.74 bits per heavy atom. The molecule has 1 aromatic rings. The molecule has 1 rings (SSSR count). The largest absolute Gasteiger partial charge is 1.00 e. The molecule has 5 nitrogen and oxygen atoms in total. The van der Waals surface area contributed by atoms with Crippen LogP contribution in [0, 0.1) is 5.92 Å². The maximum atomic E-state index is 10.1. The first-order valence-corrected chi connectivity index (χ1v) is 5.59. The Morgan fingerprint density at radius 3 is 1.95 bits per heavy atom. The molecule has 0 amide bonds. The topological polar surface area (TPSA) is 103 Å². The summed E-state index contributed by atoms with van der Waals surface area (Å²) >= 11 is 0. The van der Waals surface area contributed by atoms with Crippen LogP contribution in [0.4, 0.5) is 0 Å². The van der Waals surface area contributed by atoms with Crippen molar-refractivity contribution in [1.29, 1.82) is 0 Å². The molecule has 0 bridgehead atoms. The molecule has 0 fully saturated rings. The normalized spacial score (nSPS) is 10.7. The van der Waals surface area contributed by atoms with Crippen LogP contribution in [-0.4, -0.2) is 23.1 Å². The number of hydrogen-bond donors (Lipinski definition) is 2. The third kappa shape index (κ3) is 10.7. The van der Waals surface area contributed by atoms with Crippen molar-refractivity contribution in [3.63, 3.8) is 0 Å². The van der Waals surface area contributed by atoms with Gasteiger partial charge in [0.25, 0.3) is 0 Å². The maximum Gasteiger partial charge on any atom is 1.00 e. The van der Waals surface area contributed by atoms with E-state index in [1.165, 1.54) is 12.1 Å². The maximum absolute atomic E-state index is 10.1. The van der Waals surface area contributed by atoms with E-state index in [0.717, 1.165) is 0 Å². The molecule has 6 heteroatoms. The van der Waals surface area contributed by atoms with Crippen molar-refractivity contribution in [2.75, 3.05) is 0 Å². The number of rotatable bonds is 4. The number of benzene rings is 1. The van der Waals surface area contributed by atoms with Crippen LogP contribution < -0.4 is 40.4 Å². The average Bonchev–Trinajstić information content (AvgIpc) is 2.30. The first kappa shape index (κ1) is 20.4. The smallest absolute Gasteiger partial charge is 0.545 e. The fourth-order valence-corrected chi connectivity index (χ4v) is 1.18. The van der Waals surface area contributed by atoms with Crippen molar-refractivity contribution >= 4 is 11.9 Å². The molecular formula is C13H18NNaO4. The Balaban J connectivity index is 0. The van der Waals surface area contributed by atoms with Crippen LogP contribution in [0.15, 0.2) is 30.3 Å². The van der Waals surface area contributed by atoms with E-state index < -0.39 is 18.0 Å². The summed E-state index contributed by atoms with van der Waals surface area (Å²) in [5.41, 5.74) is 5.44. The first-order valence-electron chi connectivity index (χ1n) is 5.59. The second kappa shape index (κ2) is 11.0. The number of carbonyl (C=O) groups is 2. The molecule has 1 unspecified atom stereocenters. The molecule has 0 spiro atoms. The van der Waals surface area contributed by atoms with Crippen LogP contribution >= 0.6 is 0 Å². The minimum absolute atomic E-state index is 0. The molecule has 0 aliphatic carbocycles. The predicted molar refractivity (Wildman–Crippen MR) is 65.8 cm³/mol. The summed E-state index contributed by atoms with van der Waals surface area (Å²) in [7, 11) is 0. The molecule has 0 saturated carbocycles. The van der Waals surface area contributed by atoms with E-state index in [4.69, 9.17) is 10.8 Å². The van der Waals surface area contributed by atoms with Crippen LogP contribution in [0.1, 0.15) is 30.6 Å². The molecule has 19 heavy (non-hydrogen) atoms. The minimum Gasteiger partial charge on any atom is -0.545 e. The molecule has 0 radical (unpaired) electrons. The van der Waals surface area contributed by atoms with E-state index in [9.17, 15) is 14.7 Å². The van der Waals surface area contributed by atoms with Crippen molar-refractivity contribution in [2.45, 2.75) is 26.3 Å². The summed E-state index contributed by atoms with van der Waals surface area (Å²) in [4.78, 5) is 20.2. The quantitative estimate of drug-likeness (QED) is 0.591. The van der Waals surface area contributed by atoms with Crippen LogP contribution in [0.2, 0.25) is 0 Å². The van der Waals surface area contributed by atoms with E-state index in [2.05, 4.69) is 0 Å². The third-order valence-corrected chi connectivity index (χ3v) is 2.05. The third-order valence-electron chi connectivity index (χ3n) is 2.05. The van der Waals surface area contributed by atoms with Gasteiger partial charge in [0.1, 0.15) is 6.04 Å². The Hall–Kier alpha value is -0.880. The van der Waals surface area contributed by atoms with Gasteiger partial charge in [-0.3, -0.25) is 4.79 Å². The Bertz CT molecular complexity index is 381. The van der Waals surface area contributed by atoms with Crippen LogP contribution in [0.3, 0.4) is 0 Å². The molecule has 1 atom stereocenters. The second-order valence-electron chi connectivity index (χ2n) is 4.23. The Kier molecular flexibility index (Phi) is 11.8. The zero-order valence-corrected chi connectivity index (χ0v) is 13.5. The van der Waals surface area contributed by atoms with E-state index in [0.29, 0.717) is 12.3 Å². The van der Waals surface area contributed by atoms with E-state index >= 15 is 0 Å². The number of carbonyl (C=O) groups excluding carboxylic acids is 1. The van der Waals surface area contributed by atoms with E-state index in [1.807, 2.05) is 13.8 Å². The van der Waals surface area contributed by atoms with Crippen molar-refractivity contribution in [1.82, 2.24) is 0 Å². The molecule has 0 aliphatic rings. The van der Waals surface area contributed by atoms with Crippen LogP contribution in [0.5, 0.6) is 0 Å². The van der Waals surface area contributed by atoms with Gasteiger partial charge in [-0.2, -0.15) is 0 Å². The van der Waals surface area contributed by atoms with Gasteiger partial charge in [-0.25, -0.2) is 0 Å². The molecular weight excluding hydrogens is 257 g/mol. The van der Waals surface area contributed by atoms with Crippen molar-refractivity contribution in [3.05, 3.63) is 35.9 Å². The average molecular weight is 275 g/mol. The van der Waals surface area contributed by atoms with Gasteiger partial charge in [-0.1, -0.05) is 44.2 Å². The number of aliphatic carboxylic acids is 1. The fourth-order valence-electron chi connectivity index (χ4n) is 1.18. The number of aromatic carboxylic acids is 1. The SMILES string of the molecule is CC(C)CC(N)C(=O)O.O=C([O-])c1ccccc1.[Na+]. The molecule has 0 aromatic heterocycles. The van der Waals surface area contributed by atoms with Gasteiger partial charge in [0.05, 0.1) is 5.97 Å². The van der Waals surface area contributed by atoms with Crippen LogP contribution in [0.25, 0.3) is 0 Å². The molecule has 1 aromatic carbocycles. The van der Waals surface area contributed by atoms with Crippen LogP contribution in [-0.2, 0) is 4.79 Å². The summed E-state index contributed by atoms with van der Waals surface area (Å²) < 4.78 is 0. The number of nitrogens with two attached hydrogens (primary N) is 1. The fraction of sp³-hybridized carbons (Fsp3) is 0.385. The van der Waals surface area contributed by atoms with Crippen molar-refractivity contribution in [2.24, 2.45) is 11.7 Å². The Morgan fingerprint density at radius 1 is 1.26 bits per heavy atom. The first-order chi connectivity index (χ1) is 8.34. The number of carboxylic acid groups (broad SMARTS) is 2. The Labute approximate surface area is 135 Å². The van der Waals surface area contributed by atoms with E-state index in [1.54, 1.807) is 18.2 Å². The summed E-state index contributed by atoms with van der Waals surface area (Å²) in [5, 5.41) is 18.4. The van der Waals surface area contributed by atoms with Gasteiger partial charge in [-0.05, 0) is 17.9 Å². The van der Waals surface area contributed by atoms with Crippen molar-refractivity contribution in [3.8, 4) is 0 Å². The van der Waals surface area contributed by atoms with Gasteiger partial charge in [0.2, 0.25) is 0 Å². The van der Waals surface area contributed by atoms with Crippen molar-refractivity contribution < 1.29 is 49.4 Å². The standard InChI is InChI=1S/C7H6O2.C6H13NO2.Na/c8-7(9)6-4-2-1-3-5-6;1-4(2)3-5(7)6(8)9;/h1-5H,(H,8,9);4-5H,3,7H2,1-2H3,(H,8,9);/q;;+1/p-1. The van der Waals surface area contributed by atoms with Gasteiger partial charge in [0.15, 0.2) is 0 Å². The summed E-state index contributed by atoms with van der Waals surface area (Å²) in [6, 6.07) is 7.37. The molecule has 100 valence electrons. The summed E-state index contributed by atoms with van der Waals surface area (Å²) in [6.07, 6.45) is 0.551. The molecule has 3 N–H and O–H groups in total. The number of carboxylic acids is 2. The summed E-state index contributed by atoms with van der Waals surface area (Å²) in [5.74, 6) is -1.68. The number of hydrogen-bond acceptors (Lipinski definition) is 4. The molecule has 0 heterocycles. The summed E-state index contributed by atoms with van der Waals surface area (Å²) in [6.45, 7) is 3.89. The molecule has 0 aliphatic heterocycles. The predicted octanol–water partition coefficient (Wildman–Crippen LogP) is -2.50.